The Kier molecular flexibility index (Phi) is 7.04. The van der Waals surface area contributed by atoms with Gasteiger partial charge in [-0.25, -0.2) is 0 Å². The van der Waals surface area contributed by atoms with Crippen LogP contribution in [0, 0.1) is 0 Å². The van der Waals surface area contributed by atoms with Crippen LogP contribution < -0.4 is 9.47 Å². The fourth-order valence-corrected chi connectivity index (χ4v) is 3.15. The number of nitrogens with zero attached hydrogens (tertiary/aromatic N) is 2. The molecule has 0 spiro atoms. The van der Waals surface area contributed by atoms with Crippen molar-refractivity contribution in [2.45, 2.75) is 25.4 Å². The van der Waals surface area contributed by atoms with E-state index in [-0.39, 0.29) is 12.0 Å². The van der Waals surface area contributed by atoms with Gasteiger partial charge in [-0.1, -0.05) is 12.1 Å². The molecule has 1 saturated heterocycles. The lowest BCUT2D eigenvalue weighted by molar-refractivity contribution is -0.133. The average molecular weight is 370 g/mol. The van der Waals surface area contributed by atoms with Crippen molar-refractivity contribution in [3.63, 3.8) is 0 Å². The molecule has 2 heterocycles. The molecule has 0 atom stereocenters. The molecule has 0 bridgehead atoms. The van der Waals surface area contributed by atoms with Crippen LogP contribution in [0.15, 0.2) is 48.8 Å². The maximum Gasteiger partial charge on any atom is 0.226 e. The zero-order valence-electron chi connectivity index (χ0n) is 15.7. The number of ether oxygens (including phenoxy) is 3. The molecule has 1 amide bonds. The topological polar surface area (TPSA) is 60.9 Å². The number of hydrogen-bond donors (Lipinski definition) is 0. The summed E-state index contributed by atoms with van der Waals surface area (Å²) in [4.78, 5) is 18.4. The van der Waals surface area contributed by atoms with E-state index >= 15 is 0 Å². The van der Waals surface area contributed by atoms with Crippen LogP contribution in [0.2, 0.25) is 0 Å². The Morgan fingerprint density at radius 3 is 2.70 bits per heavy atom. The Bertz CT molecular complexity index is 715. The standard InChI is InChI=1S/C21H26N2O4/c1-25-19-5-2-4-17(14-19)15-21(24)23-10-7-18(8-11-23)26-12-13-27-20-6-3-9-22-16-20/h2-6,9,14,16,18H,7-8,10-13,15H2,1H3. The maximum atomic E-state index is 12.5. The van der Waals surface area contributed by atoms with Crippen molar-refractivity contribution in [2.24, 2.45) is 0 Å². The number of aromatic nitrogens is 1. The van der Waals surface area contributed by atoms with E-state index in [2.05, 4.69) is 4.98 Å². The summed E-state index contributed by atoms with van der Waals surface area (Å²) in [5, 5.41) is 0. The van der Waals surface area contributed by atoms with Gasteiger partial charge in [0.25, 0.3) is 0 Å². The van der Waals surface area contributed by atoms with Crippen LogP contribution in [0.25, 0.3) is 0 Å². The first kappa shape index (κ1) is 19.2. The van der Waals surface area contributed by atoms with Crippen LogP contribution in [0.1, 0.15) is 18.4 Å². The van der Waals surface area contributed by atoms with E-state index in [1.54, 1.807) is 19.5 Å². The zero-order valence-corrected chi connectivity index (χ0v) is 15.7. The first-order valence-electron chi connectivity index (χ1n) is 9.30. The van der Waals surface area contributed by atoms with Crippen molar-refractivity contribution < 1.29 is 19.0 Å². The first-order valence-corrected chi connectivity index (χ1v) is 9.30. The van der Waals surface area contributed by atoms with Crippen molar-refractivity contribution in [2.75, 3.05) is 33.4 Å². The number of hydrogen-bond acceptors (Lipinski definition) is 5. The van der Waals surface area contributed by atoms with Crippen LogP contribution in [-0.4, -0.2) is 55.3 Å². The predicted octanol–water partition coefficient (Wildman–Crippen LogP) is 2.72. The predicted molar refractivity (Wildman–Crippen MR) is 102 cm³/mol. The molecule has 1 aliphatic heterocycles. The van der Waals surface area contributed by atoms with Crippen LogP contribution >= 0.6 is 0 Å². The second-order valence-corrected chi connectivity index (χ2v) is 6.52. The monoisotopic (exact) mass is 370 g/mol. The first-order chi connectivity index (χ1) is 13.2. The second kappa shape index (κ2) is 9.92. The highest BCUT2D eigenvalue weighted by molar-refractivity contribution is 5.79. The molecular formula is C21H26N2O4. The van der Waals surface area contributed by atoms with E-state index in [1.165, 1.54) is 0 Å². The molecule has 0 unspecified atom stereocenters. The zero-order chi connectivity index (χ0) is 18.9. The SMILES string of the molecule is COc1cccc(CC(=O)N2CCC(OCCOc3cccnc3)CC2)c1. The summed E-state index contributed by atoms with van der Waals surface area (Å²) < 4.78 is 16.7. The molecule has 1 aromatic heterocycles. The summed E-state index contributed by atoms with van der Waals surface area (Å²) in [5.74, 6) is 1.68. The molecule has 1 aromatic carbocycles. The lowest BCUT2D eigenvalue weighted by Crippen LogP contribution is -2.41. The van der Waals surface area contributed by atoms with Crippen molar-refractivity contribution in [3.8, 4) is 11.5 Å². The van der Waals surface area contributed by atoms with Gasteiger partial charge in [-0.2, -0.15) is 0 Å². The van der Waals surface area contributed by atoms with Gasteiger partial charge in [0.05, 0.1) is 32.4 Å². The quantitative estimate of drug-likeness (QED) is 0.669. The average Bonchev–Trinajstić information content (AvgIpc) is 2.72. The van der Waals surface area contributed by atoms with Gasteiger partial charge in [0.2, 0.25) is 5.91 Å². The van der Waals surface area contributed by atoms with E-state index in [9.17, 15) is 4.79 Å². The van der Waals surface area contributed by atoms with Crippen LogP contribution in [-0.2, 0) is 16.0 Å². The highest BCUT2D eigenvalue weighted by Crippen LogP contribution is 2.17. The molecule has 27 heavy (non-hydrogen) atoms. The Labute approximate surface area is 160 Å². The number of amides is 1. The smallest absolute Gasteiger partial charge is 0.226 e. The molecule has 2 aromatic rings. The summed E-state index contributed by atoms with van der Waals surface area (Å²) >= 11 is 0. The summed E-state index contributed by atoms with van der Waals surface area (Å²) in [7, 11) is 1.63. The molecule has 6 nitrogen and oxygen atoms in total. The van der Waals surface area contributed by atoms with Gasteiger partial charge in [0, 0.05) is 19.3 Å². The number of methoxy groups -OCH3 is 1. The van der Waals surface area contributed by atoms with Crippen LogP contribution in [0.5, 0.6) is 11.5 Å². The Morgan fingerprint density at radius 2 is 1.96 bits per heavy atom. The number of benzene rings is 1. The van der Waals surface area contributed by atoms with Gasteiger partial charge in [0.15, 0.2) is 0 Å². The van der Waals surface area contributed by atoms with Crippen molar-refractivity contribution in [1.82, 2.24) is 9.88 Å². The third-order valence-corrected chi connectivity index (χ3v) is 4.62. The minimum Gasteiger partial charge on any atom is -0.497 e. The third-order valence-electron chi connectivity index (χ3n) is 4.62. The molecule has 0 radical (unpaired) electrons. The molecule has 1 aliphatic rings. The molecular weight excluding hydrogens is 344 g/mol. The Balaban J connectivity index is 1.35. The van der Waals surface area contributed by atoms with Gasteiger partial charge in [-0.05, 0) is 42.7 Å². The molecule has 0 N–H and O–H groups in total. The third kappa shape index (κ3) is 5.96. The van der Waals surface area contributed by atoms with Gasteiger partial charge in [-0.15, -0.1) is 0 Å². The van der Waals surface area contributed by atoms with Gasteiger partial charge >= 0.3 is 0 Å². The summed E-state index contributed by atoms with van der Waals surface area (Å²) in [6, 6.07) is 11.4. The molecule has 0 saturated carbocycles. The Morgan fingerprint density at radius 1 is 1.15 bits per heavy atom. The molecule has 0 aliphatic carbocycles. The van der Waals surface area contributed by atoms with Gasteiger partial charge in [-0.3, -0.25) is 9.78 Å². The highest BCUT2D eigenvalue weighted by atomic mass is 16.5. The number of pyridine rings is 1. The Hall–Kier alpha value is -2.60. The van der Waals surface area contributed by atoms with E-state index in [0.29, 0.717) is 19.6 Å². The summed E-state index contributed by atoms with van der Waals surface area (Å²) in [6.45, 7) is 2.51. The highest BCUT2D eigenvalue weighted by Gasteiger charge is 2.23. The minimum absolute atomic E-state index is 0.154. The molecule has 6 heteroatoms. The number of likely N-dealkylation sites (tertiary alicyclic amines) is 1. The summed E-state index contributed by atoms with van der Waals surface area (Å²) in [5.41, 5.74) is 0.977. The molecule has 144 valence electrons. The lowest BCUT2D eigenvalue weighted by atomic mass is 10.1. The second-order valence-electron chi connectivity index (χ2n) is 6.52. The molecule has 1 fully saturated rings. The minimum atomic E-state index is 0.154. The number of carbonyl (C=O) groups is 1. The van der Waals surface area contributed by atoms with E-state index < -0.39 is 0 Å². The molecule has 3 rings (SSSR count). The maximum absolute atomic E-state index is 12.5. The lowest BCUT2D eigenvalue weighted by Gasteiger charge is -2.32. The van der Waals surface area contributed by atoms with Crippen molar-refractivity contribution in [3.05, 3.63) is 54.4 Å². The normalized spacial score (nSPS) is 14.8. The van der Waals surface area contributed by atoms with Crippen molar-refractivity contribution >= 4 is 5.91 Å². The van der Waals surface area contributed by atoms with Crippen LogP contribution in [0.3, 0.4) is 0 Å². The van der Waals surface area contributed by atoms with E-state index in [4.69, 9.17) is 14.2 Å². The van der Waals surface area contributed by atoms with Crippen LogP contribution in [0.4, 0.5) is 0 Å². The largest absolute Gasteiger partial charge is 0.497 e. The van der Waals surface area contributed by atoms with E-state index in [1.807, 2.05) is 41.3 Å². The number of carbonyl (C=O) groups excluding carboxylic acids is 1. The fraction of sp³-hybridized carbons (Fsp3) is 0.429. The fourth-order valence-electron chi connectivity index (χ4n) is 3.15. The number of rotatable bonds is 8. The van der Waals surface area contributed by atoms with Gasteiger partial charge < -0.3 is 19.1 Å². The van der Waals surface area contributed by atoms with E-state index in [0.717, 1.165) is 43.0 Å². The summed E-state index contributed by atoms with van der Waals surface area (Å²) in [6.07, 6.45) is 5.71. The number of piperidine rings is 1. The van der Waals surface area contributed by atoms with Gasteiger partial charge in [0.1, 0.15) is 18.1 Å². The van der Waals surface area contributed by atoms with Crippen molar-refractivity contribution in [1.29, 1.82) is 0 Å².